The van der Waals surface area contributed by atoms with Gasteiger partial charge >= 0.3 is 0 Å². The maximum absolute atomic E-state index is 12.9. The Hall–Kier alpha value is -3.08. The van der Waals surface area contributed by atoms with E-state index < -0.39 is 32.0 Å². The van der Waals surface area contributed by atoms with Gasteiger partial charge in [0, 0.05) is 10.7 Å². The molecule has 3 aromatic rings. The molecule has 0 aliphatic heterocycles. The minimum absolute atomic E-state index is 0.0136. The summed E-state index contributed by atoms with van der Waals surface area (Å²) in [6.07, 6.45) is 1.03. The fourth-order valence-corrected chi connectivity index (χ4v) is 5.86. The molecule has 0 bridgehead atoms. The lowest BCUT2D eigenvalue weighted by Crippen LogP contribution is -2.45. The number of nitrogens with zero attached hydrogens (tertiary/aromatic N) is 1. The van der Waals surface area contributed by atoms with Crippen molar-refractivity contribution < 1.29 is 21.6 Å². The highest BCUT2D eigenvalue weighted by atomic mass is 35.5. The van der Waals surface area contributed by atoms with Gasteiger partial charge in [-0.2, -0.15) is 0 Å². The summed E-state index contributed by atoms with van der Waals surface area (Å²) < 4.78 is 53.9. The number of carbonyl (C=O) groups excluding carboxylic acids is 1. The van der Waals surface area contributed by atoms with Crippen LogP contribution in [0.2, 0.25) is 5.02 Å². The summed E-state index contributed by atoms with van der Waals surface area (Å²) in [6.45, 7) is 5.06. The second-order valence-corrected chi connectivity index (χ2v) is 12.1. The third-order valence-electron chi connectivity index (χ3n) is 5.32. The van der Waals surface area contributed by atoms with Gasteiger partial charge in [0.25, 0.3) is 10.0 Å². The van der Waals surface area contributed by atoms with Crippen molar-refractivity contribution in [3.8, 4) is 0 Å². The van der Waals surface area contributed by atoms with Crippen molar-refractivity contribution in [2.75, 3.05) is 20.6 Å². The van der Waals surface area contributed by atoms with E-state index in [0.29, 0.717) is 27.6 Å². The molecule has 0 saturated carbocycles. The number of sulfonamides is 2. The smallest absolute Gasteiger partial charge is 0.261 e. The summed E-state index contributed by atoms with van der Waals surface area (Å²) in [5, 5.41) is 3.08. The largest absolute Gasteiger partial charge is 0.324 e. The summed E-state index contributed by atoms with van der Waals surface area (Å²) in [5.41, 5.74) is 2.59. The van der Waals surface area contributed by atoms with Crippen LogP contribution in [0.15, 0.2) is 71.6 Å². The lowest BCUT2D eigenvalue weighted by Gasteiger charge is -2.28. The first-order valence-electron chi connectivity index (χ1n) is 10.5. The quantitative estimate of drug-likeness (QED) is 0.439. The Labute approximate surface area is 211 Å². The molecule has 1 atom stereocenters. The normalized spacial score (nSPS) is 12.6. The topological polar surface area (TPSA) is 113 Å². The first-order chi connectivity index (χ1) is 16.3. The lowest BCUT2D eigenvalue weighted by atomic mass is 10.2. The second kappa shape index (κ2) is 10.3. The van der Waals surface area contributed by atoms with Gasteiger partial charge in [-0.25, -0.2) is 16.8 Å². The van der Waals surface area contributed by atoms with E-state index >= 15 is 0 Å². The zero-order chi connectivity index (χ0) is 26.0. The molecule has 1 amide bonds. The molecule has 186 valence electrons. The molecular weight excluding hydrogens is 510 g/mol. The molecule has 0 spiro atoms. The van der Waals surface area contributed by atoms with E-state index in [-0.39, 0.29) is 4.90 Å². The van der Waals surface area contributed by atoms with Crippen molar-refractivity contribution in [3.05, 3.63) is 82.9 Å². The van der Waals surface area contributed by atoms with Crippen LogP contribution in [0.4, 0.5) is 17.1 Å². The minimum atomic E-state index is -3.90. The van der Waals surface area contributed by atoms with Gasteiger partial charge in [0.1, 0.15) is 6.04 Å². The van der Waals surface area contributed by atoms with Crippen molar-refractivity contribution in [2.24, 2.45) is 0 Å². The third-order valence-corrected chi connectivity index (χ3v) is 8.35. The molecule has 0 radical (unpaired) electrons. The van der Waals surface area contributed by atoms with Crippen molar-refractivity contribution >= 4 is 54.6 Å². The maximum atomic E-state index is 12.9. The van der Waals surface area contributed by atoms with Gasteiger partial charge in [0.05, 0.1) is 22.5 Å². The predicted octanol–water partition coefficient (Wildman–Crippen LogP) is 4.55. The van der Waals surface area contributed by atoms with E-state index in [9.17, 15) is 21.6 Å². The van der Waals surface area contributed by atoms with E-state index in [1.807, 2.05) is 6.92 Å². The Morgan fingerprint density at radius 1 is 0.914 bits per heavy atom. The van der Waals surface area contributed by atoms with Crippen LogP contribution in [0.25, 0.3) is 0 Å². The number of benzene rings is 3. The third kappa shape index (κ3) is 6.33. The predicted molar refractivity (Wildman–Crippen MR) is 140 cm³/mol. The van der Waals surface area contributed by atoms with Crippen LogP contribution in [-0.4, -0.2) is 35.0 Å². The molecular formula is C24H26ClN3O5S2. The number of hydrogen-bond acceptors (Lipinski definition) is 5. The number of halogens is 1. The van der Waals surface area contributed by atoms with Gasteiger partial charge in [0.2, 0.25) is 15.9 Å². The van der Waals surface area contributed by atoms with E-state index in [4.69, 9.17) is 11.6 Å². The number of carbonyl (C=O) groups is 1. The van der Waals surface area contributed by atoms with Crippen LogP contribution >= 0.6 is 11.6 Å². The van der Waals surface area contributed by atoms with E-state index in [2.05, 4.69) is 10.0 Å². The maximum Gasteiger partial charge on any atom is 0.261 e. The molecule has 0 saturated heterocycles. The Balaban J connectivity index is 1.77. The van der Waals surface area contributed by atoms with Gasteiger partial charge in [0.15, 0.2) is 0 Å². The number of amides is 1. The van der Waals surface area contributed by atoms with Crippen LogP contribution in [0.3, 0.4) is 0 Å². The number of rotatable bonds is 8. The molecule has 35 heavy (non-hydrogen) atoms. The van der Waals surface area contributed by atoms with Gasteiger partial charge in [-0.15, -0.1) is 0 Å². The summed E-state index contributed by atoms with van der Waals surface area (Å²) >= 11 is 6.06. The van der Waals surface area contributed by atoms with Gasteiger partial charge < -0.3 is 5.32 Å². The zero-order valence-corrected chi connectivity index (χ0v) is 22.0. The highest BCUT2D eigenvalue weighted by Gasteiger charge is 2.29. The van der Waals surface area contributed by atoms with Crippen LogP contribution in [0.5, 0.6) is 0 Å². The Kier molecular flexibility index (Phi) is 7.78. The van der Waals surface area contributed by atoms with Gasteiger partial charge in [-0.1, -0.05) is 35.4 Å². The number of aryl methyl sites for hydroxylation is 1. The average molecular weight is 536 g/mol. The molecule has 0 aromatic heterocycles. The molecule has 11 heteroatoms. The molecule has 0 fully saturated rings. The fourth-order valence-electron chi connectivity index (χ4n) is 3.39. The van der Waals surface area contributed by atoms with Crippen molar-refractivity contribution in [1.82, 2.24) is 0 Å². The molecule has 0 heterocycles. The molecule has 3 aromatic carbocycles. The molecule has 2 N–H and O–H groups in total. The first kappa shape index (κ1) is 26.5. The number of hydrogen-bond donors (Lipinski definition) is 2. The van der Waals surface area contributed by atoms with Gasteiger partial charge in [-0.3, -0.25) is 13.8 Å². The monoisotopic (exact) mass is 535 g/mol. The average Bonchev–Trinajstić information content (AvgIpc) is 2.77. The van der Waals surface area contributed by atoms with E-state index in [0.717, 1.165) is 16.1 Å². The SMILES string of the molecule is Cc1ccc(N(C(C)C(=O)Nc2ccc(S(=O)(=O)Nc3cccc(Cl)c3C)cc2)S(C)(=O)=O)cc1. The minimum Gasteiger partial charge on any atom is -0.324 e. The van der Waals surface area contributed by atoms with Crippen molar-refractivity contribution in [2.45, 2.75) is 31.7 Å². The van der Waals surface area contributed by atoms with E-state index in [1.54, 1.807) is 49.4 Å². The summed E-state index contributed by atoms with van der Waals surface area (Å²) in [5.74, 6) is -0.570. The molecule has 1 unspecified atom stereocenters. The van der Waals surface area contributed by atoms with Gasteiger partial charge in [-0.05, 0) is 74.9 Å². The molecule has 0 aliphatic rings. The summed E-state index contributed by atoms with van der Waals surface area (Å²) in [4.78, 5) is 12.9. The standard InChI is InChI=1S/C24H26ClN3O5S2/c1-16-8-12-20(13-9-16)28(34(4,30)31)18(3)24(29)26-19-10-14-21(15-11-19)35(32,33)27-23-7-5-6-22(25)17(23)2/h5-15,18,27H,1-4H3,(H,26,29). The Bertz CT molecular complexity index is 1440. The molecule has 8 nitrogen and oxygen atoms in total. The first-order valence-corrected chi connectivity index (χ1v) is 14.3. The summed E-state index contributed by atoms with van der Waals surface area (Å²) in [7, 11) is -7.65. The number of anilines is 3. The highest BCUT2D eigenvalue weighted by Crippen LogP contribution is 2.26. The second-order valence-electron chi connectivity index (χ2n) is 8.10. The highest BCUT2D eigenvalue weighted by molar-refractivity contribution is 7.92. The molecule has 3 rings (SSSR count). The van der Waals surface area contributed by atoms with Crippen molar-refractivity contribution in [3.63, 3.8) is 0 Å². The Morgan fingerprint density at radius 2 is 1.51 bits per heavy atom. The Morgan fingerprint density at radius 3 is 2.09 bits per heavy atom. The van der Waals surface area contributed by atoms with Crippen LogP contribution < -0.4 is 14.3 Å². The summed E-state index contributed by atoms with van der Waals surface area (Å²) in [6, 6.07) is 16.2. The van der Waals surface area contributed by atoms with Crippen molar-refractivity contribution in [1.29, 1.82) is 0 Å². The van der Waals surface area contributed by atoms with Crippen LogP contribution in [0.1, 0.15) is 18.1 Å². The fraction of sp³-hybridized carbons (Fsp3) is 0.208. The number of nitrogens with one attached hydrogen (secondary N) is 2. The molecule has 0 aliphatic carbocycles. The van der Waals surface area contributed by atoms with E-state index in [1.165, 1.54) is 31.2 Å². The zero-order valence-electron chi connectivity index (χ0n) is 19.6. The van der Waals surface area contributed by atoms with Crippen LogP contribution in [0, 0.1) is 13.8 Å². The van der Waals surface area contributed by atoms with Crippen LogP contribution in [-0.2, 0) is 24.8 Å². The lowest BCUT2D eigenvalue weighted by molar-refractivity contribution is -0.116.